The minimum Gasteiger partial charge on any atom is -0.406 e. The molecule has 6 nitrogen and oxygen atoms in total. The van der Waals surface area contributed by atoms with E-state index >= 15 is 0 Å². The van der Waals surface area contributed by atoms with Gasteiger partial charge in [0.05, 0.1) is 11.6 Å². The van der Waals surface area contributed by atoms with Crippen molar-refractivity contribution >= 4 is 29.0 Å². The van der Waals surface area contributed by atoms with Gasteiger partial charge < -0.3 is 9.84 Å². The molecule has 1 saturated carbocycles. The summed E-state index contributed by atoms with van der Waals surface area (Å²) in [5.74, 6) is -0.514. The first kappa shape index (κ1) is 24.0. The molecule has 1 heterocycles. The number of aliphatic hydroxyl groups is 1. The molecular formula is C26H19ClF3N3O3. The third kappa shape index (κ3) is 3.65. The molecule has 1 spiro atoms. The zero-order valence-electron chi connectivity index (χ0n) is 18.7. The first-order valence-corrected chi connectivity index (χ1v) is 11.5. The van der Waals surface area contributed by atoms with Gasteiger partial charge >= 0.3 is 12.4 Å². The largest absolute Gasteiger partial charge is 0.573 e. The minimum absolute atomic E-state index is 0.0677. The van der Waals surface area contributed by atoms with Crippen LogP contribution >= 0.6 is 11.6 Å². The average Bonchev–Trinajstić information content (AvgIpc) is 3.03. The van der Waals surface area contributed by atoms with E-state index in [1.165, 1.54) is 46.2 Å². The second-order valence-corrected chi connectivity index (χ2v) is 9.16. The number of benzene rings is 3. The van der Waals surface area contributed by atoms with Crippen LogP contribution in [0.3, 0.4) is 0 Å². The number of carbonyl (C=O) groups is 1. The normalized spacial score (nSPS) is 20.8. The Morgan fingerprint density at radius 3 is 2.14 bits per heavy atom. The highest BCUT2D eigenvalue weighted by Crippen LogP contribution is 2.59. The van der Waals surface area contributed by atoms with Crippen molar-refractivity contribution in [3.63, 3.8) is 0 Å². The van der Waals surface area contributed by atoms with Crippen LogP contribution in [-0.2, 0) is 5.72 Å². The van der Waals surface area contributed by atoms with E-state index in [0.29, 0.717) is 35.5 Å². The number of amides is 2. The molecule has 1 unspecified atom stereocenters. The molecule has 0 radical (unpaired) electrons. The van der Waals surface area contributed by atoms with Gasteiger partial charge in [-0.25, -0.2) is 4.79 Å². The Hall–Kier alpha value is -3.74. The number of urea groups is 1. The van der Waals surface area contributed by atoms with Crippen molar-refractivity contribution in [3.05, 3.63) is 88.9 Å². The summed E-state index contributed by atoms with van der Waals surface area (Å²) in [6.45, 7) is 0. The van der Waals surface area contributed by atoms with Gasteiger partial charge in [-0.3, -0.25) is 9.80 Å². The highest BCUT2D eigenvalue weighted by Gasteiger charge is 2.70. The van der Waals surface area contributed by atoms with Gasteiger partial charge in [0.25, 0.3) is 0 Å². The quantitative estimate of drug-likeness (QED) is 0.442. The Balaban J connectivity index is 1.72. The average molecular weight is 514 g/mol. The van der Waals surface area contributed by atoms with Gasteiger partial charge in [0.15, 0.2) is 5.72 Å². The second-order valence-electron chi connectivity index (χ2n) is 8.72. The maximum atomic E-state index is 14.0. The van der Waals surface area contributed by atoms with Gasteiger partial charge in [-0.15, -0.1) is 13.2 Å². The Labute approximate surface area is 209 Å². The number of alkyl halides is 3. The van der Waals surface area contributed by atoms with E-state index in [4.69, 9.17) is 11.6 Å². The van der Waals surface area contributed by atoms with Crippen LogP contribution in [-0.4, -0.2) is 23.0 Å². The number of rotatable bonds is 4. The molecule has 10 heteroatoms. The third-order valence-corrected chi connectivity index (χ3v) is 7.03. The molecule has 184 valence electrons. The molecule has 0 bridgehead atoms. The lowest BCUT2D eigenvalue weighted by Crippen LogP contribution is -2.63. The molecule has 0 aromatic heterocycles. The zero-order valence-corrected chi connectivity index (χ0v) is 19.4. The van der Waals surface area contributed by atoms with E-state index in [-0.39, 0.29) is 11.3 Å². The number of hydrogen-bond acceptors (Lipinski definition) is 4. The lowest BCUT2D eigenvalue weighted by atomic mass is 9.66. The van der Waals surface area contributed by atoms with Crippen LogP contribution in [0.25, 0.3) is 0 Å². The Morgan fingerprint density at radius 1 is 0.972 bits per heavy atom. The van der Waals surface area contributed by atoms with E-state index < -0.39 is 29.4 Å². The Kier molecular flexibility index (Phi) is 5.62. The summed E-state index contributed by atoms with van der Waals surface area (Å²) in [5, 5.41) is 22.1. The fourth-order valence-corrected chi connectivity index (χ4v) is 5.23. The zero-order chi connectivity index (χ0) is 25.7. The fraction of sp³-hybridized carbons (Fsp3) is 0.231. The lowest BCUT2D eigenvalue weighted by molar-refractivity contribution is -0.274. The van der Waals surface area contributed by atoms with Crippen molar-refractivity contribution < 1.29 is 27.8 Å². The SMILES string of the molecule is N#Cc1ccc(N2C(=O)N(c3ccc(Cl)cc3)C3(CCC3)C2(O)c2cccc(OC(F)(F)F)c2)cc1. The van der Waals surface area contributed by atoms with Crippen molar-refractivity contribution in [1.29, 1.82) is 5.26 Å². The van der Waals surface area contributed by atoms with E-state index in [9.17, 15) is 28.3 Å². The molecule has 2 aliphatic rings. The van der Waals surface area contributed by atoms with E-state index in [1.54, 1.807) is 24.3 Å². The van der Waals surface area contributed by atoms with Crippen LogP contribution in [0.4, 0.5) is 29.3 Å². The van der Waals surface area contributed by atoms with Crippen LogP contribution < -0.4 is 14.5 Å². The van der Waals surface area contributed by atoms with Gasteiger partial charge in [-0.05, 0) is 79.9 Å². The van der Waals surface area contributed by atoms with Crippen LogP contribution in [0.5, 0.6) is 5.75 Å². The topological polar surface area (TPSA) is 76.8 Å². The summed E-state index contributed by atoms with van der Waals surface area (Å²) in [6, 6.07) is 19.1. The number of carbonyl (C=O) groups excluding carboxylic acids is 1. The first-order chi connectivity index (χ1) is 17.1. The molecule has 1 aliphatic heterocycles. The van der Waals surface area contributed by atoms with E-state index in [1.807, 2.05) is 6.07 Å². The molecular weight excluding hydrogens is 495 g/mol. The van der Waals surface area contributed by atoms with Crippen molar-refractivity contribution in [3.8, 4) is 11.8 Å². The van der Waals surface area contributed by atoms with E-state index in [0.717, 1.165) is 12.1 Å². The van der Waals surface area contributed by atoms with Gasteiger partial charge in [0, 0.05) is 22.0 Å². The Bertz CT molecular complexity index is 1350. The van der Waals surface area contributed by atoms with Gasteiger partial charge in [0.2, 0.25) is 0 Å². The molecule has 36 heavy (non-hydrogen) atoms. The highest BCUT2D eigenvalue weighted by molar-refractivity contribution is 6.30. The molecule has 2 amide bonds. The fourth-order valence-electron chi connectivity index (χ4n) is 5.11. The monoisotopic (exact) mass is 513 g/mol. The molecule has 1 atom stereocenters. The maximum absolute atomic E-state index is 14.0. The number of ether oxygens (including phenoxy) is 1. The van der Waals surface area contributed by atoms with Crippen LogP contribution in [0.15, 0.2) is 72.8 Å². The smallest absolute Gasteiger partial charge is 0.406 e. The van der Waals surface area contributed by atoms with Crippen LogP contribution in [0, 0.1) is 11.3 Å². The molecule has 1 aliphatic carbocycles. The second kappa shape index (κ2) is 8.43. The van der Waals surface area contributed by atoms with Gasteiger partial charge in [-0.2, -0.15) is 5.26 Å². The van der Waals surface area contributed by atoms with Gasteiger partial charge in [-0.1, -0.05) is 23.7 Å². The van der Waals surface area contributed by atoms with Crippen LogP contribution in [0.2, 0.25) is 5.02 Å². The molecule has 2 fully saturated rings. The Morgan fingerprint density at radius 2 is 1.58 bits per heavy atom. The molecule has 5 rings (SSSR count). The summed E-state index contributed by atoms with van der Waals surface area (Å²) >= 11 is 6.05. The minimum atomic E-state index is -4.93. The first-order valence-electron chi connectivity index (χ1n) is 11.1. The summed E-state index contributed by atoms with van der Waals surface area (Å²) < 4.78 is 43.0. The standard InChI is InChI=1S/C26H19ClF3N3O3/c27-19-7-11-20(12-8-19)32-23(34)33(21-9-5-17(16-31)6-10-21)25(35,24(32)13-2-14-24)18-3-1-4-22(15-18)36-26(28,29)30/h1,3-12,15,35H,2,13-14H2. The number of hydrogen-bond donors (Lipinski definition) is 1. The summed E-state index contributed by atoms with van der Waals surface area (Å²) in [4.78, 5) is 16.7. The predicted molar refractivity (Wildman–Crippen MR) is 127 cm³/mol. The van der Waals surface area contributed by atoms with Crippen molar-refractivity contribution in [2.24, 2.45) is 0 Å². The van der Waals surface area contributed by atoms with Crippen molar-refractivity contribution in [2.45, 2.75) is 36.9 Å². The summed E-state index contributed by atoms with van der Waals surface area (Å²) in [5.41, 5.74) is -2.04. The maximum Gasteiger partial charge on any atom is 0.573 e. The van der Waals surface area contributed by atoms with Crippen molar-refractivity contribution in [2.75, 3.05) is 9.80 Å². The van der Waals surface area contributed by atoms with Gasteiger partial charge in [0.1, 0.15) is 11.3 Å². The summed E-state index contributed by atoms with van der Waals surface area (Å²) in [6.07, 6.45) is -3.44. The lowest BCUT2D eigenvalue weighted by Gasteiger charge is -2.52. The number of halogens is 4. The highest BCUT2D eigenvalue weighted by atomic mass is 35.5. The third-order valence-electron chi connectivity index (χ3n) is 6.77. The number of nitrogens with zero attached hydrogens (tertiary/aromatic N) is 3. The molecule has 1 saturated heterocycles. The number of nitriles is 1. The molecule has 3 aromatic rings. The number of anilines is 2. The summed E-state index contributed by atoms with van der Waals surface area (Å²) in [7, 11) is 0. The molecule has 1 N–H and O–H groups in total. The van der Waals surface area contributed by atoms with E-state index in [2.05, 4.69) is 4.74 Å². The molecule has 3 aromatic carbocycles. The predicted octanol–water partition coefficient (Wildman–Crippen LogP) is 6.32. The van der Waals surface area contributed by atoms with Crippen molar-refractivity contribution in [1.82, 2.24) is 0 Å². The van der Waals surface area contributed by atoms with Crippen LogP contribution in [0.1, 0.15) is 30.4 Å².